The first-order chi connectivity index (χ1) is 9.40. The number of ether oxygens (including phenoxy) is 2. The minimum Gasteiger partial charge on any atom is -0.497 e. The highest BCUT2D eigenvalue weighted by atomic mass is 79.9. The summed E-state index contributed by atoms with van der Waals surface area (Å²) in [5, 5.41) is 0. The van der Waals surface area contributed by atoms with Crippen LogP contribution in [0.2, 0.25) is 0 Å². The number of nitrogens with zero attached hydrogens (tertiary/aromatic N) is 1. The van der Waals surface area contributed by atoms with E-state index >= 15 is 0 Å². The second kappa shape index (κ2) is 7.28. The summed E-state index contributed by atoms with van der Waals surface area (Å²) in [6.07, 6.45) is 0. The second-order valence-corrected chi connectivity index (χ2v) is 5.31. The van der Waals surface area contributed by atoms with Crippen LogP contribution in [-0.2, 0) is 9.53 Å². The van der Waals surface area contributed by atoms with Crippen LogP contribution in [0.5, 0.6) is 5.75 Å². The third-order valence-corrected chi connectivity index (χ3v) is 3.59. The van der Waals surface area contributed by atoms with E-state index in [1.165, 1.54) is 12.0 Å². The molecular formula is C14H18BrNO4. The maximum absolute atomic E-state index is 12.4. The summed E-state index contributed by atoms with van der Waals surface area (Å²) < 4.78 is 10.4. The van der Waals surface area contributed by atoms with Gasteiger partial charge in [-0.25, -0.2) is 0 Å². The highest BCUT2D eigenvalue weighted by Gasteiger charge is 2.21. The number of amides is 1. The van der Waals surface area contributed by atoms with Crippen molar-refractivity contribution in [3.63, 3.8) is 0 Å². The molecule has 0 N–H and O–H groups in total. The summed E-state index contributed by atoms with van der Waals surface area (Å²) in [5.41, 5.74) is 0.490. The number of esters is 1. The van der Waals surface area contributed by atoms with Gasteiger partial charge in [0.15, 0.2) is 0 Å². The molecule has 0 radical (unpaired) electrons. The zero-order valence-corrected chi connectivity index (χ0v) is 13.6. The molecule has 1 aromatic carbocycles. The van der Waals surface area contributed by atoms with E-state index < -0.39 is 0 Å². The molecule has 0 heterocycles. The van der Waals surface area contributed by atoms with Crippen molar-refractivity contribution in [3.8, 4) is 5.75 Å². The van der Waals surface area contributed by atoms with Gasteiger partial charge in [-0.1, -0.05) is 6.92 Å². The Bertz CT molecular complexity index is 504. The third kappa shape index (κ3) is 3.96. The summed E-state index contributed by atoms with van der Waals surface area (Å²) in [6, 6.07) is 5.17. The van der Waals surface area contributed by atoms with E-state index in [4.69, 9.17) is 4.74 Å². The van der Waals surface area contributed by atoms with Gasteiger partial charge in [-0.05, 0) is 34.1 Å². The lowest BCUT2D eigenvalue weighted by atomic mass is 10.1. The predicted octanol–water partition coefficient (Wildman–Crippen LogP) is 2.34. The number of methoxy groups -OCH3 is 2. The van der Waals surface area contributed by atoms with Crippen LogP contribution < -0.4 is 4.74 Å². The topological polar surface area (TPSA) is 55.8 Å². The molecule has 1 rings (SSSR count). The van der Waals surface area contributed by atoms with E-state index in [0.29, 0.717) is 15.8 Å². The number of hydrogen-bond acceptors (Lipinski definition) is 4. The number of benzene rings is 1. The van der Waals surface area contributed by atoms with E-state index in [9.17, 15) is 9.59 Å². The monoisotopic (exact) mass is 343 g/mol. The molecule has 1 atom stereocenters. The van der Waals surface area contributed by atoms with E-state index in [-0.39, 0.29) is 24.3 Å². The number of hydrogen-bond donors (Lipinski definition) is 0. The fraction of sp³-hybridized carbons (Fsp3) is 0.429. The van der Waals surface area contributed by atoms with E-state index in [1.807, 2.05) is 0 Å². The van der Waals surface area contributed by atoms with Crippen LogP contribution in [0.4, 0.5) is 0 Å². The second-order valence-electron chi connectivity index (χ2n) is 4.46. The summed E-state index contributed by atoms with van der Waals surface area (Å²) in [6.45, 7) is 2.01. The third-order valence-electron chi connectivity index (χ3n) is 2.90. The van der Waals surface area contributed by atoms with Crippen LogP contribution in [0.25, 0.3) is 0 Å². The van der Waals surface area contributed by atoms with E-state index in [1.54, 1.807) is 39.3 Å². The molecular weight excluding hydrogens is 326 g/mol. The summed E-state index contributed by atoms with van der Waals surface area (Å²) in [7, 11) is 4.52. The van der Waals surface area contributed by atoms with Crippen LogP contribution in [0.1, 0.15) is 17.3 Å². The molecule has 0 saturated carbocycles. The van der Waals surface area contributed by atoms with E-state index in [0.717, 1.165) is 0 Å². The van der Waals surface area contributed by atoms with Gasteiger partial charge < -0.3 is 14.4 Å². The molecule has 1 amide bonds. The highest BCUT2D eigenvalue weighted by Crippen LogP contribution is 2.23. The molecule has 0 saturated heterocycles. The van der Waals surface area contributed by atoms with Crippen molar-refractivity contribution in [1.29, 1.82) is 0 Å². The number of carbonyl (C=O) groups is 2. The van der Waals surface area contributed by atoms with Crippen molar-refractivity contribution < 1.29 is 19.1 Å². The smallest absolute Gasteiger partial charge is 0.310 e. The lowest BCUT2D eigenvalue weighted by molar-refractivity contribution is -0.145. The molecule has 1 aromatic rings. The summed E-state index contributed by atoms with van der Waals surface area (Å²) >= 11 is 3.34. The Morgan fingerprint density at radius 2 is 2.00 bits per heavy atom. The first-order valence-corrected chi connectivity index (χ1v) is 6.86. The predicted molar refractivity (Wildman–Crippen MR) is 78.8 cm³/mol. The van der Waals surface area contributed by atoms with Crippen LogP contribution >= 0.6 is 15.9 Å². The molecule has 0 fully saturated rings. The van der Waals surface area contributed by atoms with Gasteiger partial charge in [-0.2, -0.15) is 0 Å². The molecule has 20 heavy (non-hydrogen) atoms. The van der Waals surface area contributed by atoms with Crippen molar-refractivity contribution in [1.82, 2.24) is 4.90 Å². The molecule has 0 aromatic heterocycles. The number of halogens is 1. The fourth-order valence-electron chi connectivity index (χ4n) is 1.77. The van der Waals surface area contributed by atoms with Gasteiger partial charge in [0.25, 0.3) is 5.91 Å². The van der Waals surface area contributed by atoms with E-state index in [2.05, 4.69) is 20.7 Å². The largest absolute Gasteiger partial charge is 0.497 e. The quantitative estimate of drug-likeness (QED) is 0.770. The SMILES string of the molecule is COC(=O)C(C)CN(C)C(=O)c1cc(OC)ccc1Br. The zero-order chi connectivity index (χ0) is 15.3. The van der Waals surface area contributed by atoms with Crippen molar-refractivity contribution >= 4 is 27.8 Å². The molecule has 6 heteroatoms. The van der Waals surface area contributed by atoms with Crippen LogP contribution in [-0.4, -0.2) is 44.6 Å². The highest BCUT2D eigenvalue weighted by molar-refractivity contribution is 9.10. The van der Waals surface area contributed by atoms with Gasteiger partial charge >= 0.3 is 5.97 Å². The minimum absolute atomic E-state index is 0.188. The van der Waals surface area contributed by atoms with Crippen molar-refractivity contribution in [3.05, 3.63) is 28.2 Å². The lowest BCUT2D eigenvalue weighted by Crippen LogP contribution is -2.34. The van der Waals surface area contributed by atoms with Crippen LogP contribution in [0, 0.1) is 5.92 Å². The number of carbonyl (C=O) groups excluding carboxylic acids is 2. The van der Waals surface area contributed by atoms with Gasteiger partial charge in [0.2, 0.25) is 0 Å². The summed E-state index contributed by atoms with van der Waals surface area (Å²) in [5.74, 6) is -0.301. The Kier molecular flexibility index (Phi) is 6.01. The lowest BCUT2D eigenvalue weighted by Gasteiger charge is -2.21. The Labute approximate surface area is 127 Å². The van der Waals surface area contributed by atoms with Gasteiger partial charge in [-0.3, -0.25) is 9.59 Å². The first kappa shape index (κ1) is 16.5. The molecule has 5 nitrogen and oxygen atoms in total. The van der Waals surface area contributed by atoms with Gasteiger partial charge in [0, 0.05) is 18.1 Å². The molecule has 0 aliphatic carbocycles. The number of rotatable bonds is 5. The Morgan fingerprint density at radius 1 is 1.35 bits per heavy atom. The van der Waals surface area contributed by atoms with Crippen LogP contribution in [0.15, 0.2) is 22.7 Å². The van der Waals surface area contributed by atoms with Crippen molar-refractivity contribution in [2.24, 2.45) is 5.92 Å². The first-order valence-electron chi connectivity index (χ1n) is 6.07. The van der Waals surface area contributed by atoms with Crippen molar-refractivity contribution in [2.75, 3.05) is 27.8 Å². The summed E-state index contributed by atoms with van der Waals surface area (Å²) in [4.78, 5) is 25.2. The Balaban J connectivity index is 2.86. The molecule has 110 valence electrons. The Hall–Kier alpha value is -1.56. The molecule has 0 spiro atoms. The Morgan fingerprint density at radius 3 is 2.55 bits per heavy atom. The maximum Gasteiger partial charge on any atom is 0.310 e. The standard InChI is InChI=1S/C14H18BrNO4/c1-9(14(18)20-4)8-16(2)13(17)11-7-10(19-3)5-6-12(11)15/h5-7,9H,8H2,1-4H3. The zero-order valence-electron chi connectivity index (χ0n) is 12.0. The van der Waals surface area contributed by atoms with Gasteiger partial charge in [-0.15, -0.1) is 0 Å². The maximum atomic E-state index is 12.4. The average Bonchev–Trinajstić information content (AvgIpc) is 2.45. The van der Waals surface area contributed by atoms with Crippen LogP contribution in [0.3, 0.4) is 0 Å². The average molecular weight is 344 g/mol. The van der Waals surface area contributed by atoms with Gasteiger partial charge in [0.1, 0.15) is 5.75 Å². The van der Waals surface area contributed by atoms with Crippen molar-refractivity contribution in [2.45, 2.75) is 6.92 Å². The molecule has 0 bridgehead atoms. The molecule has 0 aliphatic rings. The van der Waals surface area contributed by atoms with Gasteiger partial charge in [0.05, 0.1) is 25.7 Å². The normalized spacial score (nSPS) is 11.7. The minimum atomic E-state index is -0.377. The molecule has 0 aliphatic heterocycles. The molecule has 1 unspecified atom stereocenters. The fourth-order valence-corrected chi connectivity index (χ4v) is 2.19.